The van der Waals surface area contributed by atoms with Crippen LogP contribution in [0.5, 0.6) is 0 Å². The van der Waals surface area contributed by atoms with Crippen LogP contribution in [0.3, 0.4) is 0 Å². The average Bonchev–Trinajstić information content (AvgIpc) is 2.81. The zero-order valence-electron chi connectivity index (χ0n) is 16.5. The highest BCUT2D eigenvalue weighted by atomic mass is 16.7. The van der Waals surface area contributed by atoms with Crippen molar-refractivity contribution in [2.75, 3.05) is 13.6 Å². The molecule has 1 saturated heterocycles. The SMILES string of the molecule is CNCC(=Cc1cccc2c(C(=O)O)cccc12)B1OC(C)(C)C(C)(C)O1. The first-order chi connectivity index (χ1) is 12.7. The number of carboxylic acids is 1. The first-order valence-corrected chi connectivity index (χ1v) is 9.12. The number of fused-ring (bicyclic) bond motifs is 1. The molecule has 0 aliphatic carbocycles. The zero-order chi connectivity index (χ0) is 19.8. The first kappa shape index (κ1) is 19.6. The van der Waals surface area contributed by atoms with Crippen LogP contribution in [-0.4, -0.2) is 43.0 Å². The maximum Gasteiger partial charge on any atom is 0.491 e. The fraction of sp³-hybridized carbons (Fsp3) is 0.381. The van der Waals surface area contributed by atoms with E-state index in [2.05, 4.69) is 5.32 Å². The van der Waals surface area contributed by atoms with Crippen LogP contribution in [0, 0.1) is 0 Å². The maximum absolute atomic E-state index is 11.5. The Morgan fingerprint density at radius 3 is 2.26 bits per heavy atom. The molecule has 0 saturated carbocycles. The van der Waals surface area contributed by atoms with Crippen LogP contribution in [0.15, 0.2) is 41.9 Å². The van der Waals surface area contributed by atoms with Crippen LogP contribution in [0.4, 0.5) is 0 Å². The topological polar surface area (TPSA) is 67.8 Å². The Kier molecular flexibility index (Phi) is 5.17. The molecule has 3 rings (SSSR count). The number of hydrogen-bond donors (Lipinski definition) is 2. The molecule has 0 radical (unpaired) electrons. The van der Waals surface area contributed by atoms with Gasteiger partial charge in [-0.2, -0.15) is 0 Å². The molecule has 6 heteroatoms. The Hall–Kier alpha value is -2.15. The lowest BCUT2D eigenvalue weighted by molar-refractivity contribution is 0.00578. The van der Waals surface area contributed by atoms with E-state index in [1.54, 1.807) is 12.1 Å². The van der Waals surface area contributed by atoms with Crippen LogP contribution >= 0.6 is 0 Å². The third-order valence-electron chi connectivity index (χ3n) is 5.46. The molecule has 0 bridgehead atoms. The van der Waals surface area contributed by atoms with Crippen molar-refractivity contribution < 1.29 is 19.2 Å². The number of hydrogen-bond acceptors (Lipinski definition) is 4. The molecule has 1 aliphatic heterocycles. The quantitative estimate of drug-likeness (QED) is 0.788. The normalized spacial score (nSPS) is 18.9. The van der Waals surface area contributed by atoms with Gasteiger partial charge in [0.15, 0.2) is 0 Å². The Morgan fingerprint density at radius 1 is 1.07 bits per heavy atom. The molecule has 2 aromatic rings. The molecule has 142 valence electrons. The van der Waals surface area contributed by atoms with Crippen LogP contribution in [-0.2, 0) is 9.31 Å². The van der Waals surface area contributed by atoms with E-state index in [-0.39, 0.29) is 0 Å². The molecule has 0 atom stereocenters. The molecule has 2 N–H and O–H groups in total. The van der Waals surface area contributed by atoms with Crippen molar-refractivity contribution in [2.45, 2.75) is 38.9 Å². The highest BCUT2D eigenvalue weighted by Gasteiger charge is 2.52. The molecular weight excluding hydrogens is 341 g/mol. The maximum atomic E-state index is 11.5. The molecule has 0 spiro atoms. The van der Waals surface area contributed by atoms with E-state index in [9.17, 15) is 9.90 Å². The minimum atomic E-state index is -0.928. The molecule has 1 heterocycles. The molecule has 0 unspecified atom stereocenters. The van der Waals surface area contributed by atoms with E-state index in [1.807, 2.05) is 65.1 Å². The van der Waals surface area contributed by atoms with Gasteiger partial charge in [-0.3, -0.25) is 0 Å². The minimum Gasteiger partial charge on any atom is -0.478 e. The van der Waals surface area contributed by atoms with Gasteiger partial charge in [-0.25, -0.2) is 4.79 Å². The fourth-order valence-electron chi connectivity index (χ4n) is 3.25. The summed E-state index contributed by atoms with van der Waals surface area (Å²) in [6.07, 6.45) is 2.03. The van der Waals surface area contributed by atoms with Crippen molar-refractivity contribution in [3.8, 4) is 0 Å². The molecule has 0 aromatic heterocycles. The smallest absolute Gasteiger partial charge is 0.478 e. The predicted octanol–water partition coefficient (Wildman–Crippen LogP) is 3.77. The molecular formula is C21H26BNO4. The number of aromatic carboxylic acids is 1. The number of rotatable bonds is 5. The summed E-state index contributed by atoms with van der Waals surface area (Å²) in [5.41, 5.74) is 1.37. The second-order valence-electron chi connectivity index (χ2n) is 7.89. The second-order valence-corrected chi connectivity index (χ2v) is 7.89. The molecule has 1 aliphatic rings. The van der Waals surface area contributed by atoms with Gasteiger partial charge in [0, 0.05) is 6.54 Å². The summed E-state index contributed by atoms with van der Waals surface area (Å²) in [7, 11) is 1.42. The summed E-state index contributed by atoms with van der Waals surface area (Å²) >= 11 is 0. The van der Waals surface area contributed by atoms with Crippen molar-refractivity contribution in [1.82, 2.24) is 5.32 Å². The largest absolute Gasteiger partial charge is 0.491 e. The highest BCUT2D eigenvalue weighted by Crippen LogP contribution is 2.39. The fourth-order valence-corrected chi connectivity index (χ4v) is 3.25. The van der Waals surface area contributed by atoms with Crippen LogP contribution < -0.4 is 5.32 Å². The summed E-state index contributed by atoms with van der Waals surface area (Å²) in [6, 6.07) is 11.0. The van der Waals surface area contributed by atoms with Gasteiger partial charge in [-0.1, -0.05) is 36.4 Å². The van der Waals surface area contributed by atoms with Gasteiger partial charge in [-0.05, 0) is 62.6 Å². The van der Waals surface area contributed by atoms with Crippen molar-refractivity contribution in [3.05, 3.63) is 53.0 Å². The molecule has 5 nitrogen and oxygen atoms in total. The lowest BCUT2D eigenvalue weighted by atomic mass is 9.76. The Labute approximate surface area is 160 Å². The summed E-state index contributed by atoms with van der Waals surface area (Å²) in [5, 5.41) is 14.2. The van der Waals surface area contributed by atoms with Gasteiger partial charge in [-0.15, -0.1) is 0 Å². The van der Waals surface area contributed by atoms with Gasteiger partial charge >= 0.3 is 13.1 Å². The average molecular weight is 367 g/mol. The highest BCUT2D eigenvalue weighted by molar-refractivity contribution is 6.56. The van der Waals surface area contributed by atoms with Crippen molar-refractivity contribution >= 4 is 29.9 Å². The van der Waals surface area contributed by atoms with Crippen molar-refractivity contribution in [2.24, 2.45) is 0 Å². The molecule has 1 fully saturated rings. The predicted molar refractivity (Wildman–Crippen MR) is 109 cm³/mol. The monoisotopic (exact) mass is 367 g/mol. The van der Waals surface area contributed by atoms with Gasteiger partial charge in [0.05, 0.1) is 16.8 Å². The van der Waals surface area contributed by atoms with Crippen LogP contribution in [0.1, 0.15) is 43.6 Å². The van der Waals surface area contributed by atoms with E-state index in [0.29, 0.717) is 12.1 Å². The zero-order valence-corrected chi connectivity index (χ0v) is 16.5. The Bertz CT molecular complexity index is 888. The number of carboxylic acid groups (broad SMARTS) is 1. The van der Waals surface area contributed by atoms with Gasteiger partial charge in [0.25, 0.3) is 0 Å². The molecule has 27 heavy (non-hydrogen) atoms. The second kappa shape index (κ2) is 7.11. The van der Waals surface area contributed by atoms with Crippen molar-refractivity contribution in [3.63, 3.8) is 0 Å². The molecule has 2 aromatic carbocycles. The first-order valence-electron chi connectivity index (χ1n) is 9.12. The summed E-state index contributed by atoms with van der Waals surface area (Å²) in [5.74, 6) is -0.928. The Morgan fingerprint density at radius 2 is 1.67 bits per heavy atom. The Balaban J connectivity index is 2.08. The summed E-state index contributed by atoms with van der Waals surface area (Å²) in [6.45, 7) is 8.72. The third-order valence-corrected chi connectivity index (χ3v) is 5.46. The van der Waals surface area contributed by atoms with E-state index in [4.69, 9.17) is 9.31 Å². The number of likely N-dealkylation sites (N-methyl/N-ethyl adjacent to an activating group) is 1. The van der Waals surface area contributed by atoms with E-state index < -0.39 is 24.3 Å². The summed E-state index contributed by atoms with van der Waals surface area (Å²) in [4.78, 5) is 11.5. The lowest BCUT2D eigenvalue weighted by Gasteiger charge is -2.32. The van der Waals surface area contributed by atoms with Gasteiger partial charge in [0.1, 0.15) is 0 Å². The minimum absolute atomic E-state index is 0.300. The van der Waals surface area contributed by atoms with E-state index >= 15 is 0 Å². The van der Waals surface area contributed by atoms with Crippen LogP contribution in [0.2, 0.25) is 0 Å². The van der Waals surface area contributed by atoms with Crippen molar-refractivity contribution in [1.29, 1.82) is 0 Å². The lowest BCUT2D eigenvalue weighted by Crippen LogP contribution is -2.41. The standard InChI is InChI=1S/C21H26BNO4/c1-20(2)21(3,4)27-22(26-20)15(13-23-5)12-14-8-6-10-17-16(14)9-7-11-18(17)19(24)25/h6-12,23H,13H2,1-5H3,(H,24,25). The van der Waals surface area contributed by atoms with Gasteiger partial charge in [0.2, 0.25) is 0 Å². The third kappa shape index (κ3) is 3.65. The number of nitrogens with one attached hydrogen (secondary N) is 1. The van der Waals surface area contributed by atoms with Crippen LogP contribution in [0.25, 0.3) is 16.8 Å². The summed E-state index contributed by atoms with van der Waals surface area (Å²) < 4.78 is 12.4. The van der Waals surface area contributed by atoms with Gasteiger partial charge < -0.3 is 19.7 Å². The number of carbonyl (C=O) groups is 1. The van der Waals surface area contributed by atoms with E-state index in [0.717, 1.165) is 21.8 Å². The number of benzene rings is 2. The van der Waals surface area contributed by atoms with E-state index in [1.165, 1.54) is 0 Å². The molecule has 0 amide bonds.